The molecule has 2 aliphatic rings. The van der Waals surface area contributed by atoms with Crippen LogP contribution in [0.3, 0.4) is 0 Å². The number of hydrogen-bond donors (Lipinski definition) is 2. The van der Waals surface area contributed by atoms with Crippen LogP contribution < -0.4 is 5.32 Å². The zero-order valence-corrected chi connectivity index (χ0v) is 13.7. The van der Waals surface area contributed by atoms with Gasteiger partial charge < -0.3 is 10.4 Å². The Hall–Kier alpha value is -2.17. The Morgan fingerprint density at radius 3 is 2.62 bits per heavy atom. The molecule has 5 heteroatoms. The first-order valence-corrected chi connectivity index (χ1v) is 8.72. The second-order valence-electron chi connectivity index (χ2n) is 6.81. The van der Waals surface area contributed by atoms with Crippen molar-refractivity contribution in [2.24, 2.45) is 5.92 Å². The Labute approximate surface area is 141 Å². The number of amides is 1. The lowest BCUT2D eigenvalue weighted by Gasteiger charge is -2.17. The normalized spacial score (nSPS) is 22.2. The van der Waals surface area contributed by atoms with E-state index in [4.69, 9.17) is 5.11 Å². The van der Waals surface area contributed by atoms with Gasteiger partial charge in [0.25, 0.3) is 0 Å². The van der Waals surface area contributed by atoms with E-state index in [-0.39, 0.29) is 30.6 Å². The molecule has 2 N–H and O–H groups in total. The lowest BCUT2D eigenvalue weighted by Crippen LogP contribution is -2.40. The van der Waals surface area contributed by atoms with Crippen LogP contribution in [0.15, 0.2) is 18.2 Å². The fourth-order valence-corrected chi connectivity index (χ4v) is 3.82. The van der Waals surface area contributed by atoms with Crippen LogP contribution in [-0.4, -0.2) is 28.8 Å². The number of aliphatic carboxylic acids is 1. The second kappa shape index (κ2) is 7.16. The predicted molar refractivity (Wildman–Crippen MR) is 88.9 cm³/mol. The van der Waals surface area contributed by atoms with Gasteiger partial charge in [0.15, 0.2) is 5.78 Å². The highest BCUT2D eigenvalue weighted by Gasteiger charge is 2.33. The zero-order chi connectivity index (χ0) is 17.1. The molecular formula is C19H23NO4. The van der Waals surface area contributed by atoms with Gasteiger partial charge in [-0.3, -0.25) is 14.4 Å². The molecule has 1 aromatic carbocycles. The summed E-state index contributed by atoms with van der Waals surface area (Å²) >= 11 is 0. The van der Waals surface area contributed by atoms with Gasteiger partial charge in [-0.2, -0.15) is 0 Å². The van der Waals surface area contributed by atoms with E-state index in [0.29, 0.717) is 18.4 Å². The molecule has 0 radical (unpaired) electrons. The number of hydrogen-bond acceptors (Lipinski definition) is 3. The van der Waals surface area contributed by atoms with Crippen molar-refractivity contribution in [3.63, 3.8) is 0 Å². The highest BCUT2D eigenvalue weighted by molar-refractivity contribution is 5.98. The van der Waals surface area contributed by atoms with E-state index >= 15 is 0 Å². The number of Topliss-reactive ketones (excluding diaryl/α,β-unsaturated/α-hetero) is 1. The number of carboxylic acids is 1. The molecule has 1 aromatic rings. The number of carbonyl (C=O) groups excluding carboxylic acids is 2. The fourth-order valence-electron chi connectivity index (χ4n) is 3.82. The maximum atomic E-state index is 12.3. The summed E-state index contributed by atoms with van der Waals surface area (Å²) in [4.78, 5) is 35.5. The van der Waals surface area contributed by atoms with Crippen LogP contribution in [0.4, 0.5) is 0 Å². The van der Waals surface area contributed by atoms with E-state index in [1.54, 1.807) is 0 Å². The molecule has 0 bridgehead atoms. The summed E-state index contributed by atoms with van der Waals surface area (Å²) < 4.78 is 0. The van der Waals surface area contributed by atoms with E-state index in [2.05, 4.69) is 5.32 Å². The Morgan fingerprint density at radius 2 is 1.83 bits per heavy atom. The van der Waals surface area contributed by atoms with Crippen LogP contribution >= 0.6 is 0 Å². The molecule has 0 aliphatic heterocycles. The van der Waals surface area contributed by atoms with Crippen LogP contribution in [0.2, 0.25) is 0 Å². The first kappa shape index (κ1) is 16.7. The average Bonchev–Trinajstić information content (AvgIpc) is 3.20. The summed E-state index contributed by atoms with van der Waals surface area (Å²) in [7, 11) is 0. The fraction of sp³-hybridized carbons (Fsp3) is 0.526. The Balaban J connectivity index is 1.51. The third-order valence-corrected chi connectivity index (χ3v) is 5.18. The van der Waals surface area contributed by atoms with E-state index in [1.807, 2.05) is 18.2 Å². The largest absolute Gasteiger partial charge is 0.481 e. The second-order valence-corrected chi connectivity index (χ2v) is 6.81. The number of benzene rings is 1. The highest BCUT2D eigenvalue weighted by atomic mass is 16.4. The van der Waals surface area contributed by atoms with Gasteiger partial charge in [0.1, 0.15) is 0 Å². The highest BCUT2D eigenvalue weighted by Crippen LogP contribution is 2.26. The number of rotatable bonds is 6. The first-order chi connectivity index (χ1) is 11.5. The van der Waals surface area contributed by atoms with Crippen molar-refractivity contribution in [3.8, 4) is 0 Å². The maximum absolute atomic E-state index is 12.3. The zero-order valence-electron chi connectivity index (χ0n) is 13.7. The van der Waals surface area contributed by atoms with Gasteiger partial charge in [0.05, 0.1) is 5.92 Å². The van der Waals surface area contributed by atoms with E-state index in [1.165, 1.54) is 11.1 Å². The number of fused-ring (bicyclic) bond motifs is 1. The van der Waals surface area contributed by atoms with Crippen molar-refractivity contribution in [2.45, 2.75) is 57.4 Å². The quantitative estimate of drug-likeness (QED) is 0.786. The molecule has 0 aromatic heterocycles. The minimum absolute atomic E-state index is 0.0268. The molecular weight excluding hydrogens is 306 g/mol. The minimum atomic E-state index is -0.855. The molecule has 1 amide bonds. The summed E-state index contributed by atoms with van der Waals surface area (Å²) in [5, 5.41) is 11.9. The van der Waals surface area contributed by atoms with Crippen molar-refractivity contribution in [1.82, 2.24) is 5.32 Å². The smallest absolute Gasteiger partial charge is 0.308 e. The lowest BCUT2D eigenvalue weighted by molar-refractivity contribution is -0.142. The minimum Gasteiger partial charge on any atom is -0.481 e. The molecule has 5 nitrogen and oxygen atoms in total. The molecule has 3 rings (SSSR count). The Kier molecular flexibility index (Phi) is 4.97. The third kappa shape index (κ3) is 3.66. The lowest BCUT2D eigenvalue weighted by atomic mass is 10.0. The summed E-state index contributed by atoms with van der Waals surface area (Å²) in [5.74, 6) is -1.61. The molecule has 2 atom stereocenters. The van der Waals surface area contributed by atoms with Crippen LogP contribution in [0.25, 0.3) is 0 Å². The molecule has 128 valence electrons. The molecule has 1 saturated carbocycles. The van der Waals surface area contributed by atoms with Gasteiger partial charge in [0, 0.05) is 24.4 Å². The SMILES string of the molecule is O=C(CCC(=O)c1ccc2c(c1)CCC2)N[C@H]1CCC[C@H]1C(=O)O. The van der Waals surface area contributed by atoms with Crippen LogP contribution in [0, 0.1) is 5.92 Å². The Bertz CT molecular complexity index is 667. The summed E-state index contributed by atoms with van der Waals surface area (Å²) in [6.45, 7) is 0. The van der Waals surface area contributed by atoms with Crippen LogP contribution in [0.1, 0.15) is 60.0 Å². The predicted octanol–water partition coefficient (Wildman–Crippen LogP) is 2.51. The molecule has 0 saturated heterocycles. The summed E-state index contributed by atoms with van der Waals surface area (Å²) in [6, 6.07) is 5.53. The number of ketones is 1. The van der Waals surface area contributed by atoms with Crippen molar-refractivity contribution in [3.05, 3.63) is 34.9 Å². The van der Waals surface area contributed by atoms with Crippen molar-refractivity contribution in [1.29, 1.82) is 0 Å². The molecule has 0 unspecified atom stereocenters. The summed E-state index contributed by atoms with van der Waals surface area (Å²) in [6.07, 6.45) is 5.63. The number of carboxylic acid groups (broad SMARTS) is 1. The van der Waals surface area contributed by atoms with Crippen LogP contribution in [0.5, 0.6) is 0 Å². The van der Waals surface area contributed by atoms with Crippen LogP contribution in [-0.2, 0) is 22.4 Å². The maximum Gasteiger partial charge on any atom is 0.308 e. The van der Waals surface area contributed by atoms with E-state index < -0.39 is 11.9 Å². The Morgan fingerprint density at radius 1 is 1.04 bits per heavy atom. The number of carbonyl (C=O) groups is 3. The standard InChI is InChI=1S/C19H23NO4/c21-17(14-8-7-12-3-1-4-13(12)11-14)9-10-18(22)20-16-6-2-5-15(16)19(23)24/h7-8,11,15-16H,1-6,9-10H2,(H,20,22)(H,23,24)/t15-,16+/m1/s1. The van der Waals surface area contributed by atoms with Gasteiger partial charge in [-0.25, -0.2) is 0 Å². The third-order valence-electron chi connectivity index (χ3n) is 5.18. The van der Waals surface area contributed by atoms with Crippen molar-refractivity contribution in [2.75, 3.05) is 0 Å². The molecule has 0 spiro atoms. The molecule has 24 heavy (non-hydrogen) atoms. The van der Waals surface area contributed by atoms with Gasteiger partial charge in [0.2, 0.25) is 5.91 Å². The number of nitrogens with one attached hydrogen (secondary N) is 1. The molecule has 0 heterocycles. The van der Waals surface area contributed by atoms with E-state index in [9.17, 15) is 14.4 Å². The average molecular weight is 329 g/mol. The van der Waals surface area contributed by atoms with E-state index in [0.717, 1.165) is 25.7 Å². The van der Waals surface area contributed by atoms with Gasteiger partial charge in [-0.05, 0) is 49.3 Å². The van der Waals surface area contributed by atoms with Crippen molar-refractivity contribution >= 4 is 17.7 Å². The monoisotopic (exact) mass is 329 g/mol. The topological polar surface area (TPSA) is 83.5 Å². The van der Waals surface area contributed by atoms with Gasteiger partial charge in [-0.1, -0.05) is 18.6 Å². The van der Waals surface area contributed by atoms with Gasteiger partial charge in [-0.15, -0.1) is 0 Å². The molecule has 1 fully saturated rings. The van der Waals surface area contributed by atoms with Gasteiger partial charge >= 0.3 is 5.97 Å². The number of aryl methyl sites for hydroxylation is 2. The molecule has 2 aliphatic carbocycles. The summed E-state index contributed by atoms with van der Waals surface area (Å²) in [5.41, 5.74) is 3.25. The first-order valence-electron chi connectivity index (χ1n) is 8.72. The van der Waals surface area contributed by atoms with Crippen molar-refractivity contribution < 1.29 is 19.5 Å².